The number of nitrogens with one attached hydrogen (secondary N) is 1. The molecule has 3 aliphatic rings. The quantitative estimate of drug-likeness (QED) is 0.755. The van der Waals surface area contributed by atoms with Crippen molar-refractivity contribution in [3.05, 3.63) is 0 Å². The first-order valence-corrected chi connectivity index (χ1v) is 8.74. The van der Waals surface area contributed by atoms with Crippen LogP contribution in [0.1, 0.15) is 71.1 Å². The van der Waals surface area contributed by atoms with Gasteiger partial charge in [-0.1, -0.05) is 45.4 Å². The van der Waals surface area contributed by atoms with Gasteiger partial charge in [-0.2, -0.15) is 0 Å². The van der Waals surface area contributed by atoms with E-state index in [-0.39, 0.29) is 24.4 Å². The lowest BCUT2D eigenvalue weighted by Gasteiger charge is -2.47. The third kappa shape index (κ3) is 2.82. The molecular formula is C17H28N2O2. The maximum absolute atomic E-state index is 13.1. The second-order valence-electron chi connectivity index (χ2n) is 7.31. The highest BCUT2D eigenvalue weighted by Crippen LogP contribution is 2.35. The minimum atomic E-state index is -0.570. The molecule has 2 unspecified atom stereocenters. The Labute approximate surface area is 127 Å². The fourth-order valence-corrected chi connectivity index (χ4v) is 4.56. The number of amides is 2. The number of rotatable bonds is 1. The summed E-state index contributed by atoms with van der Waals surface area (Å²) < 4.78 is 0. The zero-order valence-electron chi connectivity index (χ0n) is 13.2. The summed E-state index contributed by atoms with van der Waals surface area (Å²) in [5.74, 6) is 0.775. The standard InChI is InChI=1S/C17H28N2O2/c1-13-8-4-2-5-9-14(13)19-12-15(20)18-17(16(19)21)10-6-3-7-11-17/h13-14H,2-12H2,1H3,(H,18,20). The van der Waals surface area contributed by atoms with Crippen LogP contribution in [0.2, 0.25) is 0 Å². The van der Waals surface area contributed by atoms with Crippen LogP contribution in [-0.2, 0) is 9.59 Å². The fourth-order valence-electron chi connectivity index (χ4n) is 4.56. The molecule has 21 heavy (non-hydrogen) atoms. The van der Waals surface area contributed by atoms with Crippen LogP contribution in [0.5, 0.6) is 0 Å². The van der Waals surface area contributed by atoms with Gasteiger partial charge in [0.05, 0.1) is 6.54 Å². The molecule has 4 nitrogen and oxygen atoms in total. The Kier molecular flexibility index (Phi) is 4.23. The highest BCUT2D eigenvalue weighted by Gasteiger charge is 2.49. The first-order chi connectivity index (χ1) is 10.1. The van der Waals surface area contributed by atoms with E-state index in [9.17, 15) is 9.59 Å². The van der Waals surface area contributed by atoms with Gasteiger partial charge in [0, 0.05) is 6.04 Å². The van der Waals surface area contributed by atoms with Crippen LogP contribution in [0.15, 0.2) is 0 Å². The smallest absolute Gasteiger partial charge is 0.249 e. The summed E-state index contributed by atoms with van der Waals surface area (Å²) in [5.41, 5.74) is -0.570. The van der Waals surface area contributed by atoms with Gasteiger partial charge in [0.2, 0.25) is 11.8 Å². The number of piperazine rings is 1. The monoisotopic (exact) mass is 292 g/mol. The molecule has 0 aromatic carbocycles. The van der Waals surface area contributed by atoms with Crippen LogP contribution in [-0.4, -0.2) is 34.8 Å². The van der Waals surface area contributed by atoms with Crippen molar-refractivity contribution in [2.24, 2.45) is 5.92 Å². The van der Waals surface area contributed by atoms with Crippen molar-refractivity contribution in [2.45, 2.75) is 82.7 Å². The molecule has 0 aromatic rings. The third-order valence-electron chi connectivity index (χ3n) is 5.79. The lowest BCUT2D eigenvalue weighted by Crippen LogP contribution is -2.69. The van der Waals surface area contributed by atoms with E-state index in [0.29, 0.717) is 5.92 Å². The van der Waals surface area contributed by atoms with Gasteiger partial charge in [-0.05, 0) is 31.6 Å². The van der Waals surface area contributed by atoms with Crippen molar-refractivity contribution < 1.29 is 9.59 Å². The Bertz CT molecular complexity index is 415. The van der Waals surface area contributed by atoms with Crippen LogP contribution in [0.25, 0.3) is 0 Å². The summed E-state index contributed by atoms with van der Waals surface area (Å²) in [6.07, 6.45) is 10.9. The normalized spacial score (nSPS) is 33.7. The lowest BCUT2D eigenvalue weighted by atomic mass is 9.78. The maximum atomic E-state index is 13.1. The van der Waals surface area contributed by atoms with Crippen LogP contribution >= 0.6 is 0 Å². The molecule has 2 amide bonds. The van der Waals surface area contributed by atoms with Crippen molar-refractivity contribution in [2.75, 3.05) is 6.54 Å². The van der Waals surface area contributed by atoms with E-state index >= 15 is 0 Å². The van der Waals surface area contributed by atoms with Gasteiger partial charge in [0.15, 0.2) is 0 Å². The van der Waals surface area contributed by atoms with Gasteiger partial charge in [0.25, 0.3) is 0 Å². The van der Waals surface area contributed by atoms with E-state index in [1.165, 1.54) is 32.1 Å². The van der Waals surface area contributed by atoms with E-state index in [2.05, 4.69) is 12.2 Å². The molecule has 1 N–H and O–H groups in total. The number of carbonyl (C=O) groups excluding carboxylic acids is 2. The highest BCUT2D eigenvalue weighted by molar-refractivity contribution is 5.98. The number of hydrogen-bond acceptors (Lipinski definition) is 2. The predicted octanol–water partition coefficient (Wildman–Crippen LogP) is 2.62. The molecule has 0 bridgehead atoms. The Hall–Kier alpha value is -1.06. The molecule has 1 spiro atoms. The second-order valence-corrected chi connectivity index (χ2v) is 7.31. The van der Waals surface area contributed by atoms with Crippen molar-refractivity contribution in [3.8, 4) is 0 Å². The van der Waals surface area contributed by atoms with Gasteiger partial charge in [-0.25, -0.2) is 0 Å². The molecule has 1 saturated heterocycles. The molecule has 3 fully saturated rings. The van der Waals surface area contributed by atoms with Gasteiger partial charge >= 0.3 is 0 Å². The van der Waals surface area contributed by atoms with Crippen LogP contribution in [0.4, 0.5) is 0 Å². The molecule has 3 rings (SSSR count). The SMILES string of the molecule is CC1CCCCCC1N1CC(=O)NC2(CCCCC2)C1=O. The molecule has 4 heteroatoms. The second kappa shape index (κ2) is 5.98. The summed E-state index contributed by atoms with van der Waals surface area (Å²) in [4.78, 5) is 27.3. The minimum absolute atomic E-state index is 0.0490. The van der Waals surface area contributed by atoms with Crippen molar-refractivity contribution >= 4 is 11.8 Å². The number of hydrogen-bond donors (Lipinski definition) is 1. The summed E-state index contributed by atoms with van der Waals surface area (Å²) in [6, 6.07) is 0.268. The first kappa shape index (κ1) is 14.9. The number of carbonyl (C=O) groups is 2. The first-order valence-electron chi connectivity index (χ1n) is 8.74. The van der Waals surface area contributed by atoms with E-state index in [1.54, 1.807) is 0 Å². The summed E-state index contributed by atoms with van der Waals surface area (Å²) in [5, 5.41) is 3.05. The average molecular weight is 292 g/mol. The van der Waals surface area contributed by atoms with Gasteiger partial charge in [-0.15, -0.1) is 0 Å². The molecule has 2 atom stereocenters. The topological polar surface area (TPSA) is 49.4 Å². The highest BCUT2D eigenvalue weighted by atomic mass is 16.2. The molecule has 0 aromatic heterocycles. The van der Waals surface area contributed by atoms with Gasteiger partial charge < -0.3 is 10.2 Å². The predicted molar refractivity (Wildman–Crippen MR) is 81.7 cm³/mol. The molecule has 1 heterocycles. The zero-order chi connectivity index (χ0) is 14.9. The van der Waals surface area contributed by atoms with Crippen LogP contribution < -0.4 is 5.32 Å². The van der Waals surface area contributed by atoms with E-state index < -0.39 is 5.54 Å². The van der Waals surface area contributed by atoms with E-state index in [1.807, 2.05) is 4.90 Å². The van der Waals surface area contributed by atoms with Crippen molar-refractivity contribution in [3.63, 3.8) is 0 Å². The molecule has 1 aliphatic heterocycles. The number of nitrogens with zero attached hydrogens (tertiary/aromatic N) is 1. The Morgan fingerprint density at radius 2 is 1.67 bits per heavy atom. The fraction of sp³-hybridized carbons (Fsp3) is 0.882. The minimum Gasteiger partial charge on any atom is -0.340 e. The third-order valence-corrected chi connectivity index (χ3v) is 5.79. The Morgan fingerprint density at radius 3 is 2.43 bits per heavy atom. The van der Waals surface area contributed by atoms with Crippen molar-refractivity contribution in [1.82, 2.24) is 10.2 Å². The summed E-state index contributed by atoms with van der Waals surface area (Å²) >= 11 is 0. The molecular weight excluding hydrogens is 264 g/mol. The van der Waals surface area contributed by atoms with E-state index in [4.69, 9.17) is 0 Å². The van der Waals surface area contributed by atoms with Crippen LogP contribution in [0.3, 0.4) is 0 Å². The largest absolute Gasteiger partial charge is 0.340 e. The molecule has 118 valence electrons. The van der Waals surface area contributed by atoms with Crippen molar-refractivity contribution in [1.29, 1.82) is 0 Å². The van der Waals surface area contributed by atoms with Gasteiger partial charge in [0.1, 0.15) is 5.54 Å². The Morgan fingerprint density at radius 1 is 1.00 bits per heavy atom. The van der Waals surface area contributed by atoms with Crippen LogP contribution in [0, 0.1) is 5.92 Å². The van der Waals surface area contributed by atoms with E-state index in [0.717, 1.165) is 32.1 Å². The summed E-state index contributed by atoms with van der Waals surface area (Å²) in [7, 11) is 0. The molecule has 2 aliphatic carbocycles. The molecule has 0 radical (unpaired) electrons. The lowest BCUT2D eigenvalue weighted by molar-refractivity contribution is -0.155. The average Bonchev–Trinajstić information content (AvgIpc) is 2.69. The summed E-state index contributed by atoms with van der Waals surface area (Å²) in [6.45, 7) is 2.53. The van der Waals surface area contributed by atoms with Gasteiger partial charge in [-0.3, -0.25) is 9.59 Å². The Balaban J connectivity index is 1.83. The molecule has 2 saturated carbocycles. The maximum Gasteiger partial charge on any atom is 0.249 e. The zero-order valence-corrected chi connectivity index (χ0v) is 13.2.